The molecule has 0 heterocycles. The number of hydrogen-bond donors (Lipinski definition) is 4. The molecule has 0 spiro atoms. The smallest absolute Gasteiger partial charge is 0.319 e. The summed E-state index contributed by atoms with van der Waals surface area (Å²) in [6.45, 7) is 0.774. The molecule has 32 heavy (non-hydrogen) atoms. The van der Waals surface area contributed by atoms with Crippen molar-refractivity contribution in [1.29, 1.82) is 0 Å². The fourth-order valence-corrected chi connectivity index (χ4v) is 3.21. The lowest BCUT2D eigenvalue weighted by molar-refractivity contribution is -0.116. The monoisotopic (exact) mass is 428 g/mol. The Kier molecular flexibility index (Phi) is 8.60. The van der Waals surface area contributed by atoms with Crippen LogP contribution >= 0.6 is 0 Å². The molecule has 5 N–H and O–H groups in total. The third-order valence-electron chi connectivity index (χ3n) is 4.79. The highest BCUT2D eigenvalue weighted by molar-refractivity contribution is 5.90. The standard InChI is InChI=1S/C26H28N4O2/c27-17-18-28-25(31)16-15-24(19-20-7-3-1-4-8-20)30-26(32)29-23-13-11-22(12-14-23)21-9-5-2-6-10-21/h1-16,24H,17-19,27H2,(H,28,31)(H2,29,30,32)/t24-/m0/s1. The zero-order valence-electron chi connectivity index (χ0n) is 17.8. The van der Waals surface area contributed by atoms with Crippen molar-refractivity contribution in [3.8, 4) is 11.1 Å². The zero-order chi connectivity index (χ0) is 22.6. The number of carbonyl (C=O) groups is 2. The van der Waals surface area contributed by atoms with Gasteiger partial charge in [0.05, 0.1) is 6.04 Å². The summed E-state index contributed by atoms with van der Waals surface area (Å²) < 4.78 is 0. The molecule has 3 aromatic carbocycles. The third-order valence-corrected chi connectivity index (χ3v) is 4.79. The van der Waals surface area contributed by atoms with E-state index in [-0.39, 0.29) is 18.0 Å². The number of anilines is 1. The van der Waals surface area contributed by atoms with E-state index in [2.05, 4.69) is 16.0 Å². The molecular weight excluding hydrogens is 400 g/mol. The van der Waals surface area contributed by atoms with Crippen LogP contribution in [0.5, 0.6) is 0 Å². The molecule has 0 saturated heterocycles. The van der Waals surface area contributed by atoms with Gasteiger partial charge in [-0.1, -0.05) is 78.9 Å². The lowest BCUT2D eigenvalue weighted by Crippen LogP contribution is -2.38. The van der Waals surface area contributed by atoms with E-state index in [0.29, 0.717) is 25.2 Å². The van der Waals surface area contributed by atoms with Crippen molar-refractivity contribution >= 4 is 17.6 Å². The topological polar surface area (TPSA) is 96.2 Å². The maximum absolute atomic E-state index is 12.6. The van der Waals surface area contributed by atoms with E-state index in [1.165, 1.54) is 6.08 Å². The number of nitrogens with one attached hydrogen (secondary N) is 3. The van der Waals surface area contributed by atoms with E-state index >= 15 is 0 Å². The van der Waals surface area contributed by atoms with Gasteiger partial charge < -0.3 is 21.7 Å². The van der Waals surface area contributed by atoms with Gasteiger partial charge in [0.25, 0.3) is 0 Å². The minimum atomic E-state index is -0.357. The molecule has 6 nitrogen and oxygen atoms in total. The Morgan fingerprint density at radius 3 is 2.12 bits per heavy atom. The summed E-state index contributed by atoms with van der Waals surface area (Å²) in [6.07, 6.45) is 3.68. The molecule has 6 heteroatoms. The van der Waals surface area contributed by atoms with E-state index in [9.17, 15) is 9.59 Å². The number of rotatable bonds is 9. The van der Waals surface area contributed by atoms with Gasteiger partial charge in [0, 0.05) is 24.9 Å². The van der Waals surface area contributed by atoms with Gasteiger partial charge in [0.15, 0.2) is 0 Å². The summed E-state index contributed by atoms with van der Waals surface area (Å²) >= 11 is 0. The van der Waals surface area contributed by atoms with Gasteiger partial charge in [0.2, 0.25) is 5.91 Å². The first-order chi connectivity index (χ1) is 15.6. The Morgan fingerprint density at radius 1 is 0.844 bits per heavy atom. The van der Waals surface area contributed by atoms with E-state index in [1.54, 1.807) is 6.08 Å². The van der Waals surface area contributed by atoms with E-state index in [0.717, 1.165) is 16.7 Å². The Bertz CT molecular complexity index is 1020. The first-order valence-corrected chi connectivity index (χ1v) is 10.6. The van der Waals surface area contributed by atoms with Crippen LogP contribution in [0.25, 0.3) is 11.1 Å². The van der Waals surface area contributed by atoms with Crippen molar-refractivity contribution in [3.63, 3.8) is 0 Å². The molecule has 164 valence electrons. The molecule has 0 bridgehead atoms. The number of nitrogens with two attached hydrogens (primary N) is 1. The van der Waals surface area contributed by atoms with Gasteiger partial charge in [-0.3, -0.25) is 4.79 Å². The summed E-state index contributed by atoms with van der Waals surface area (Å²) in [4.78, 5) is 24.5. The fraction of sp³-hybridized carbons (Fsp3) is 0.154. The lowest BCUT2D eigenvalue weighted by Gasteiger charge is -2.16. The summed E-state index contributed by atoms with van der Waals surface area (Å²) in [5, 5.41) is 8.47. The highest BCUT2D eigenvalue weighted by atomic mass is 16.2. The SMILES string of the molecule is NCCNC(=O)C=C[C@@H](Cc1ccccc1)NC(=O)Nc1ccc(-c2ccccc2)cc1. The highest BCUT2D eigenvalue weighted by Crippen LogP contribution is 2.21. The average molecular weight is 429 g/mol. The minimum Gasteiger partial charge on any atom is -0.351 e. The molecule has 3 aromatic rings. The van der Waals surface area contributed by atoms with E-state index < -0.39 is 0 Å². The van der Waals surface area contributed by atoms with Crippen LogP contribution in [0.2, 0.25) is 0 Å². The quantitative estimate of drug-likeness (QED) is 0.391. The Labute approximate surface area is 188 Å². The van der Waals surface area contributed by atoms with Crippen molar-refractivity contribution in [2.45, 2.75) is 12.5 Å². The number of carbonyl (C=O) groups excluding carboxylic acids is 2. The lowest BCUT2D eigenvalue weighted by atomic mass is 10.1. The van der Waals surface area contributed by atoms with Crippen molar-refractivity contribution in [1.82, 2.24) is 10.6 Å². The normalized spacial score (nSPS) is 11.7. The Morgan fingerprint density at radius 2 is 1.47 bits per heavy atom. The maximum Gasteiger partial charge on any atom is 0.319 e. The van der Waals surface area contributed by atoms with Crippen LogP contribution in [-0.4, -0.2) is 31.1 Å². The maximum atomic E-state index is 12.6. The second-order valence-corrected chi connectivity index (χ2v) is 7.28. The Balaban J connectivity index is 1.63. The number of amides is 3. The predicted octanol–water partition coefficient (Wildman–Crippen LogP) is 3.72. The van der Waals surface area contributed by atoms with Crippen molar-refractivity contribution in [2.75, 3.05) is 18.4 Å². The van der Waals surface area contributed by atoms with Crippen LogP contribution in [0.3, 0.4) is 0 Å². The van der Waals surface area contributed by atoms with Crippen molar-refractivity contribution in [3.05, 3.63) is 103 Å². The van der Waals surface area contributed by atoms with Gasteiger partial charge in [-0.05, 0) is 35.2 Å². The number of urea groups is 1. The predicted molar refractivity (Wildman–Crippen MR) is 129 cm³/mol. The number of benzene rings is 3. The van der Waals surface area contributed by atoms with Gasteiger partial charge in [-0.2, -0.15) is 0 Å². The van der Waals surface area contributed by atoms with Crippen molar-refractivity contribution < 1.29 is 9.59 Å². The molecule has 0 aliphatic rings. The summed E-state index contributed by atoms with van der Waals surface area (Å²) in [5.41, 5.74) is 9.34. The molecule has 0 saturated carbocycles. The van der Waals surface area contributed by atoms with Gasteiger partial charge >= 0.3 is 6.03 Å². The highest BCUT2D eigenvalue weighted by Gasteiger charge is 2.11. The summed E-state index contributed by atoms with van der Waals surface area (Å²) in [5.74, 6) is -0.243. The molecule has 0 aromatic heterocycles. The first-order valence-electron chi connectivity index (χ1n) is 10.6. The second kappa shape index (κ2) is 12.1. The van der Waals surface area contributed by atoms with Crippen LogP contribution in [0.15, 0.2) is 97.1 Å². The third kappa shape index (κ3) is 7.41. The van der Waals surface area contributed by atoms with Gasteiger partial charge in [0.1, 0.15) is 0 Å². The van der Waals surface area contributed by atoms with Crippen LogP contribution in [0, 0.1) is 0 Å². The van der Waals surface area contributed by atoms with Crippen LogP contribution < -0.4 is 21.7 Å². The van der Waals surface area contributed by atoms with E-state index in [1.807, 2.05) is 84.9 Å². The molecule has 0 aliphatic heterocycles. The van der Waals surface area contributed by atoms with Crippen LogP contribution in [0.4, 0.5) is 10.5 Å². The molecule has 3 rings (SSSR count). The van der Waals surface area contributed by atoms with Gasteiger partial charge in [-0.25, -0.2) is 4.79 Å². The molecular formula is C26H28N4O2. The molecule has 1 atom stereocenters. The Hall–Kier alpha value is -3.90. The first kappa shape index (κ1) is 22.8. The molecule has 0 aliphatic carbocycles. The zero-order valence-corrected chi connectivity index (χ0v) is 17.8. The molecule has 0 fully saturated rings. The molecule has 0 unspecified atom stereocenters. The van der Waals surface area contributed by atoms with Crippen molar-refractivity contribution in [2.24, 2.45) is 5.73 Å². The van der Waals surface area contributed by atoms with Crippen LogP contribution in [-0.2, 0) is 11.2 Å². The largest absolute Gasteiger partial charge is 0.351 e. The summed E-state index contributed by atoms with van der Waals surface area (Å²) in [6, 6.07) is 26.8. The average Bonchev–Trinajstić information content (AvgIpc) is 2.83. The summed E-state index contributed by atoms with van der Waals surface area (Å²) in [7, 11) is 0. The minimum absolute atomic E-state index is 0.243. The van der Waals surface area contributed by atoms with E-state index in [4.69, 9.17) is 5.73 Å². The molecule has 0 radical (unpaired) electrons. The molecule has 3 amide bonds. The fourth-order valence-electron chi connectivity index (χ4n) is 3.21. The second-order valence-electron chi connectivity index (χ2n) is 7.28. The van der Waals surface area contributed by atoms with Gasteiger partial charge in [-0.15, -0.1) is 0 Å². The van der Waals surface area contributed by atoms with Crippen LogP contribution in [0.1, 0.15) is 5.56 Å². The number of hydrogen-bond acceptors (Lipinski definition) is 3.